The molecule has 1 aromatic heterocycles. The second kappa shape index (κ2) is 5.88. The first-order valence-electron chi connectivity index (χ1n) is 4.97. The first-order chi connectivity index (χ1) is 9.15. The lowest BCUT2D eigenvalue weighted by Crippen LogP contribution is -2.19. The normalized spacial score (nSPS) is 11.6. The van der Waals surface area contributed by atoms with Crippen LogP contribution in [0.4, 0.5) is 22.0 Å². The number of hydrogen-bond acceptors (Lipinski definition) is 5. The molecular weight excluding hydrogens is 293 g/mol. The highest BCUT2D eigenvalue weighted by Crippen LogP contribution is 2.37. The molecule has 0 atom stereocenters. The van der Waals surface area contributed by atoms with E-state index in [4.69, 9.17) is 0 Å². The van der Waals surface area contributed by atoms with Gasteiger partial charge in [0, 0.05) is 17.3 Å². The van der Waals surface area contributed by atoms with Gasteiger partial charge in [0.15, 0.2) is 5.75 Å². The predicted octanol–water partition coefficient (Wildman–Crippen LogP) is 2.34. The Morgan fingerprint density at radius 3 is 2.50 bits per heavy atom. The molecule has 5 nitrogen and oxygen atoms in total. The van der Waals surface area contributed by atoms with E-state index in [1.165, 1.54) is 0 Å². The molecule has 0 bridgehead atoms. The number of aromatic hydroxyl groups is 1. The fourth-order valence-corrected chi connectivity index (χ4v) is 1.31. The first kappa shape index (κ1) is 15.9. The highest BCUT2D eigenvalue weighted by Gasteiger charge is 2.34. The van der Waals surface area contributed by atoms with Crippen molar-refractivity contribution in [3.8, 4) is 11.6 Å². The maximum absolute atomic E-state index is 12.7. The number of nitrogens with zero attached hydrogens (tertiary/aromatic N) is 1. The Morgan fingerprint density at radius 2 is 2.05 bits per heavy atom. The largest absolute Gasteiger partial charge is 0.574 e. The average molecular weight is 301 g/mol. The molecule has 1 heterocycles. The molecule has 0 aliphatic carbocycles. The van der Waals surface area contributed by atoms with Crippen LogP contribution in [-0.2, 0) is 16.0 Å². The molecule has 0 amide bonds. The lowest BCUT2D eigenvalue weighted by molar-refractivity contribution is -0.276. The maximum atomic E-state index is 12.7. The van der Waals surface area contributed by atoms with Crippen LogP contribution in [-0.4, -0.2) is 29.5 Å². The van der Waals surface area contributed by atoms with Crippen molar-refractivity contribution in [2.75, 3.05) is 7.11 Å². The minimum atomic E-state index is -5.17. The zero-order valence-corrected chi connectivity index (χ0v) is 9.87. The molecule has 0 fully saturated rings. The van der Waals surface area contributed by atoms with Gasteiger partial charge in [-0.05, 0) is 0 Å². The Kier molecular flexibility index (Phi) is 4.69. The maximum Gasteiger partial charge on any atom is 0.574 e. The summed E-state index contributed by atoms with van der Waals surface area (Å²) in [5.74, 6) is -3.63. The van der Waals surface area contributed by atoms with Crippen LogP contribution < -0.4 is 4.74 Å². The highest BCUT2D eigenvalue weighted by atomic mass is 19.4. The molecule has 0 aliphatic heterocycles. The summed E-state index contributed by atoms with van der Waals surface area (Å²) in [6, 6.07) is 0. The first-order valence-corrected chi connectivity index (χ1v) is 4.97. The van der Waals surface area contributed by atoms with Crippen LogP contribution in [0.2, 0.25) is 0 Å². The molecule has 1 N–H and O–H groups in total. The summed E-state index contributed by atoms with van der Waals surface area (Å²) in [6.07, 6.45) is -8.77. The number of rotatable bonds is 4. The molecule has 10 heteroatoms. The number of esters is 1. The van der Waals surface area contributed by atoms with E-state index in [1.807, 2.05) is 0 Å². The Morgan fingerprint density at radius 1 is 1.45 bits per heavy atom. The van der Waals surface area contributed by atoms with Gasteiger partial charge < -0.3 is 14.6 Å². The lowest BCUT2D eigenvalue weighted by atomic mass is 10.1. The zero-order chi connectivity index (χ0) is 15.5. The number of hydrogen-bond donors (Lipinski definition) is 1. The third kappa shape index (κ3) is 3.93. The molecule has 0 saturated carbocycles. The minimum absolute atomic E-state index is 0.393. The van der Waals surface area contributed by atoms with Gasteiger partial charge >= 0.3 is 12.3 Å². The fourth-order valence-electron chi connectivity index (χ4n) is 1.31. The van der Waals surface area contributed by atoms with Crippen LogP contribution in [0.3, 0.4) is 0 Å². The molecule has 0 radical (unpaired) electrons. The molecule has 0 aromatic carbocycles. The van der Waals surface area contributed by atoms with Gasteiger partial charge in [0.2, 0.25) is 0 Å². The average Bonchev–Trinajstić information content (AvgIpc) is 2.32. The molecule has 0 spiro atoms. The number of pyridine rings is 1. The van der Waals surface area contributed by atoms with Gasteiger partial charge in [0.1, 0.15) is 0 Å². The summed E-state index contributed by atoms with van der Waals surface area (Å²) in [5.41, 5.74) is -1.62. The monoisotopic (exact) mass is 301 g/mol. The Bertz CT molecular complexity index is 503. The fraction of sp³-hybridized carbons (Fsp3) is 0.400. The zero-order valence-electron chi connectivity index (χ0n) is 9.87. The molecule has 0 saturated heterocycles. The molecule has 1 aromatic rings. The van der Waals surface area contributed by atoms with Crippen molar-refractivity contribution in [2.24, 2.45) is 0 Å². The standard InChI is InChI=1S/C10H8F5NO4/c1-19-6(17)2-4-5(8(11)12)3-16-9(7(4)18)20-10(13,14)15/h3,8,18H,2H2,1H3. The van der Waals surface area contributed by atoms with Crippen LogP contribution >= 0.6 is 0 Å². The summed E-state index contributed by atoms with van der Waals surface area (Å²) in [7, 11) is 0.954. The van der Waals surface area contributed by atoms with Crippen LogP contribution in [0.5, 0.6) is 11.6 Å². The molecule has 1 rings (SSSR count). The number of methoxy groups -OCH3 is 1. The molecule has 0 aliphatic rings. The van der Waals surface area contributed by atoms with E-state index >= 15 is 0 Å². The summed E-state index contributed by atoms with van der Waals surface area (Å²) in [6.45, 7) is 0. The second-order valence-corrected chi connectivity index (χ2v) is 3.45. The molecule has 112 valence electrons. The van der Waals surface area contributed by atoms with Gasteiger partial charge in [0.25, 0.3) is 12.3 Å². The molecular formula is C10H8F5NO4. The summed E-state index contributed by atoms with van der Waals surface area (Å²) in [4.78, 5) is 14.0. The van der Waals surface area contributed by atoms with Crippen molar-refractivity contribution < 1.29 is 41.3 Å². The molecule has 20 heavy (non-hydrogen) atoms. The van der Waals surface area contributed by atoms with E-state index in [2.05, 4.69) is 14.5 Å². The van der Waals surface area contributed by atoms with Crippen molar-refractivity contribution in [1.29, 1.82) is 0 Å². The summed E-state index contributed by atoms with van der Waals surface area (Å²) in [5, 5.41) is 9.50. The second-order valence-electron chi connectivity index (χ2n) is 3.45. The predicted molar refractivity (Wildman–Crippen MR) is 53.3 cm³/mol. The summed E-state index contributed by atoms with van der Waals surface area (Å²) < 4.78 is 69.0. The van der Waals surface area contributed by atoms with Gasteiger partial charge in [0.05, 0.1) is 13.5 Å². The van der Waals surface area contributed by atoms with E-state index in [0.717, 1.165) is 7.11 Å². The van der Waals surface area contributed by atoms with Crippen LogP contribution in [0.15, 0.2) is 6.20 Å². The van der Waals surface area contributed by atoms with Crippen molar-refractivity contribution >= 4 is 5.97 Å². The topological polar surface area (TPSA) is 68.7 Å². The van der Waals surface area contributed by atoms with Crippen LogP contribution in [0.1, 0.15) is 17.6 Å². The third-order valence-corrected chi connectivity index (χ3v) is 2.15. The van der Waals surface area contributed by atoms with Crippen molar-refractivity contribution in [3.63, 3.8) is 0 Å². The van der Waals surface area contributed by atoms with Gasteiger partial charge in [-0.15, -0.1) is 13.2 Å². The van der Waals surface area contributed by atoms with Gasteiger partial charge in [-0.1, -0.05) is 0 Å². The number of carbonyl (C=O) groups is 1. The van der Waals surface area contributed by atoms with E-state index in [1.54, 1.807) is 0 Å². The van der Waals surface area contributed by atoms with Crippen LogP contribution in [0, 0.1) is 0 Å². The quantitative estimate of drug-likeness (QED) is 0.683. The summed E-state index contributed by atoms with van der Waals surface area (Å²) >= 11 is 0. The number of carbonyl (C=O) groups excluding carboxylic acids is 1. The lowest BCUT2D eigenvalue weighted by Gasteiger charge is -2.14. The highest BCUT2D eigenvalue weighted by molar-refractivity contribution is 5.74. The third-order valence-electron chi connectivity index (χ3n) is 2.15. The van der Waals surface area contributed by atoms with E-state index < -0.39 is 47.9 Å². The van der Waals surface area contributed by atoms with E-state index in [0.29, 0.717) is 6.20 Å². The number of ether oxygens (including phenoxy) is 2. The van der Waals surface area contributed by atoms with Crippen molar-refractivity contribution in [2.45, 2.75) is 19.2 Å². The Balaban J connectivity index is 3.27. The SMILES string of the molecule is COC(=O)Cc1c(C(F)F)cnc(OC(F)(F)F)c1O. The van der Waals surface area contributed by atoms with Gasteiger partial charge in [-0.3, -0.25) is 4.79 Å². The number of aromatic nitrogens is 1. The van der Waals surface area contributed by atoms with Crippen LogP contribution in [0.25, 0.3) is 0 Å². The van der Waals surface area contributed by atoms with Gasteiger partial charge in [-0.2, -0.15) is 0 Å². The Hall–Kier alpha value is -2.13. The number of halogens is 5. The van der Waals surface area contributed by atoms with Crippen molar-refractivity contribution in [1.82, 2.24) is 4.98 Å². The van der Waals surface area contributed by atoms with E-state index in [-0.39, 0.29) is 0 Å². The Labute approximate surface area is 108 Å². The van der Waals surface area contributed by atoms with Gasteiger partial charge in [-0.25, -0.2) is 13.8 Å². The smallest absolute Gasteiger partial charge is 0.503 e. The number of alkyl halides is 5. The molecule has 0 unspecified atom stereocenters. The minimum Gasteiger partial charge on any atom is -0.503 e. The van der Waals surface area contributed by atoms with Crippen molar-refractivity contribution in [3.05, 3.63) is 17.3 Å². The van der Waals surface area contributed by atoms with E-state index in [9.17, 15) is 31.9 Å².